The van der Waals surface area contributed by atoms with Gasteiger partial charge in [-0.15, -0.1) is 0 Å². The summed E-state index contributed by atoms with van der Waals surface area (Å²) < 4.78 is 23.9. The van der Waals surface area contributed by atoms with E-state index in [9.17, 15) is 9.18 Å². The molecular weight excluding hydrogens is 399 g/mol. The average molecular weight is 424 g/mol. The Morgan fingerprint density at radius 3 is 2.74 bits per heavy atom. The molecule has 1 aliphatic rings. The van der Waals surface area contributed by atoms with E-state index < -0.39 is 0 Å². The Labute approximate surface area is 180 Å². The Hall–Kier alpha value is -3.26. The first-order valence-corrected chi connectivity index (χ1v) is 10.5. The fraction of sp³-hybridized carbons (Fsp3) is 0.348. The van der Waals surface area contributed by atoms with Crippen molar-refractivity contribution in [2.45, 2.75) is 26.3 Å². The van der Waals surface area contributed by atoms with Crippen LogP contribution in [0.25, 0.3) is 11.4 Å². The summed E-state index contributed by atoms with van der Waals surface area (Å²) in [6, 6.07) is 13.4. The van der Waals surface area contributed by atoms with Gasteiger partial charge in [0.15, 0.2) is 0 Å². The minimum atomic E-state index is -0.304. The average Bonchev–Trinajstić information content (AvgIpc) is 3.24. The van der Waals surface area contributed by atoms with Crippen molar-refractivity contribution in [2.75, 3.05) is 25.0 Å². The number of likely N-dealkylation sites (tertiary alicyclic amines) is 1. The van der Waals surface area contributed by atoms with Gasteiger partial charge in [0.2, 0.25) is 17.6 Å². The maximum Gasteiger partial charge on any atom is 0.241 e. The number of carbonyl (C=O) groups is 1. The van der Waals surface area contributed by atoms with Crippen LogP contribution in [0.1, 0.15) is 25.7 Å². The van der Waals surface area contributed by atoms with Gasteiger partial charge >= 0.3 is 0 Å². The molecule has 0 aliphatic carbocycles. The van der Waals surface area contributed by atoms with E-state index in [4.69, 9.17) is 9.26 Å². The predicted octanol–water partition coefficient (Wildman–Crippen LogP) is 4.13. The van der Waals surface area contributed by atoms with Crippen LogP contribution in [-0.4, -0.2) is 40.6 Å². The van der Waals surface area contributed by atoms with E-state index >= 15 is 0 Å². The molecule has 0 saturated carbocycles. The van der Waals surface area contributed by atoms with Crippen molar-refractivity contribution in [1.29, 1.82) is 0 Å². The number of nitrogens with zero attached hydrogens (tertiary/aromatic N) is 3. The topological polar surface area (TPSA) is 80.5 Å². The number of rotatable bonds is 7. The van der Waals surface area contributed by atoms with Crippen molar-refractivity contribution in [2.24, 2.45) is 5.92 Å². The molecule has 1 N–H and O–H groups in total. The van der Waals surface area contributed by atoms with Gasteiger partial charge in [0, 0.05) is 23.2 Å². The monoisotopic (exact) mass is 424 g/mol. The number of carbonyl (C=O) groups excluding carboxylic acids is 1. The lowest BCUT2D eigenvalue weighted by molar-refractivity contribution is -0.121. The lowest BCUT2D eigenvalue weighted by Gasteiger charge is -2.30. The third kappa shape index (κ3) is 5.46. The van der Waals surface area contributed by atoms with Crippen molar-refractivity contribution < 1.29 is 18.4 Å². The Kier molecular flexibility index (Phi) is 6.57. The van der Waals surface area contributed by atoms with Crippen LogP contribution >= 0.6 is 0 Å². The first-order chi connectivity index (χ1) is 15.1. The van der Waals surface area contributed by atoms with Gasteiger partial charge in [-0.2, -0.15) is 4.98 Å². The van der Waals surface area contributed by atoms with E-state index in [1.165, 1.54) is 12.1 Å². The van der Waals surface area contributed by atoms with E-state index in [-0.39, 0.29) is 17.6 Å². The standard InChI is InChI=1S/C23H25FN4O3/c1-2-30-20-5-3-4-19(14-20)25-23(29)17-10-12-28(13-11-17)15-21-26-22(27-31-21)16-6-8-18(24)9-7-16/h3-9,14,17H,2,10-13,15H2,1H3,(H,25,29). The largest absolute Gasteiger partial charge is 0.494 e. The molecular formula is C23H25FN4O3. The second-order valence-electron chi connectivity index (χ2n) is 7.52. The Morgan fingerprint density at radius 1 is 1.23 bits per heavy atom. The molecule has 1 aromatic heterocycles. The van der Waals surface area contributed by atoms with Gasteiger partial charge < -0.3 is 14.6 Å². The molecule has 0 atom stereocenters. The number of amides is 1. The number of piperidine rings is 1. The molecule has 7 nitrogen and oxygen atoms in total. The minimum absolute atomic E-state index is 0.0321. The van der Waals surface area contributed by atoms with Crippen LogP contribution in [0.2, 0.25) is 0 Å². The van der Waals surface area contributed by atoms with Gasteiger partial charge in [0.05, 0.1) is 13.2 Å². The van der Waals surface area contributed by atoms with Crippen LogP contribution in [0.4, 0.5) is 10.1 Å². The third-order valence-electron chi connectivity index (χ3n) is 5.30. The molecule has 1 amide bonds. The number of hydrogen-bond acceptors (Lipinski definition) is 6. The van der Waals surface area contributed by atoms with Gasteiger partial charge in [0.25, 0.3) is 0 Å². The Morgan fingerprint density at radius 2 is 2.00 bits per heavy atom. The van der Waals surface area contributed by atoms with Crippen LogP contribution in [0, 0.1) is 11.7 Å². The molecule has 0 bridgehead atoms. The number of nitrogens with one attached hydrogen (secondary N) is 1. The lowest BCUT2D eigenvalue weighted by atomic mass is 9.96. The second kappa shape index (κ2) is 9.70. The molecule has 4 rings (SSSR count). The highest BCUT2D eigenvalue weighted by Crippen LogP contribution is 2.23. The molecule has 0 unspecified atom stereocenters. The normalized spacial score (nSPS) is 15.0. The minimum Gasteiger partial charge on any atom is -0.494 e. The summed E-state index contributed by atoms with van der Waals surface area (Å²) in [5.41, 5.74) is 1.46. The van der Waals surface area contributed by atoms with Gasteiger partial charge in [-0.05, 0) is 69.3 Å². The number of hydrogen-bond donors (Lipinski definition) is 1. The summed E-state index contributed by atoms with van der Waals surface area (Å²) in [4.78, 5) is 19.2. The molecule has 1 fully saturated rings. The molecule has 162 valence electrons. The van der Waals surface area contributed by atoms with Crippen molar-refractivity contribution in [3.8, 4) is 17.1 Å². The molecule has 8 heteroatoms. The number of aromatic nitrogens is 2. The van der Waals surface area contributed by atoms with Crippen LogP contribution in [0.15, 0.2) is 53.1 Å². The highest BCUT2D eigenvalue weighted by Gasteiger charge is 2.26. The van der Waals surface area contributed by atoms with Crippen molar-refractivity contribution in [3.05, 3.63) is 60.2 Å². The van der Waals surface area contributed by atoms with Crippen LogP contribution in [0.5, 0.6) is 5.75 Å². The summed E-state index contributed by atoms with van der Waals surface area (Å²) in [6.07, 6.45) is 1.52. The van der Waals surface area contributed by atoms with E-state index in [0.29, 0.717) is 30.4 Å². The molecule has 2 aromatic carbocycles. The van der Waals surface area contributed by atoms with Gasteiger partial charge in [-0.1, -0.05) is 11.2 Å². The molecule has 0 radical (unpaired) electrons. The fourth-order valence-electron chi connectivity index (χ4n) is 3.65. The van der Waals surface area contributed by atoms with Crippen LogP contribution in [-0.2, 0) is 11.3 Å². The van der Waals surface area contributed by atoms with Crippen molar-refractivity contribution >= 4 is 11.6 Å². The highest BCUT2D eigenvalue weighted by atomic mass is 19.1. The Balaban J connectivity index is 1.27. The maximum atomic E-state index is 13.1. The zero-order valence-electron chi connectivity index (χ0n) is 17.4. The van der Waals surface area contributed by atoms with E-state index in [1.54, 1.807) is 12.1 Å². The van der Waals surface area contributed by atoms with Crippen molar-refractivity contribution in [3.63, 3.8) is 0 Å². The number of anilines is 1. The number of halogens is 1. The summed E-state index contributed by atoms with van der Waals surface area (Å²) in [6.45, 7) is 4.58. The second-order valence-corrected chi connectivity index (χ2v) is 7.52. The number of ether oxygens (including phenoxy) is 1. The van der Waals surface area contributed by atoms with Crippen LogP contribution < -0.4 is 10.1 Å². The maximum absolute atomic E-state index is 13.1. The molecule has 3 aromatic rings. The quantitative estimate of drug-likeness (QED) is 0.614. The summed E-state index contributed by atoms with van der Waals surface area (Å²) in [5.74, 6) is 1.39. The smallest absolute Gasteiger partial charge is 0.241 e. The van der Waals surface area contributed by atoms with E-state index in [0.717, 1.165) is 37.4 Å². The molecule has 1 aliphatic heterocycles. The first kappa shape index (κ1) is 21.0. The van der Waals surface area contributed by atoms with E-state index in [1.807, 2.05) is 31.2 Å². The zero-order chi connectivity index (χ0) is 21.6. The molecule has 2 heterocycles. The van der Waals surface area contributed by atoms with Crippen molar-refractivity contribution in [1.82, 2.24) is 15.0 Å². The first-order valence-electron chi connectivity index (χ1n) is 10.5. The van der Waals surface area contributed by atoms with Gasteiger partial charge in [-0.3, -0.25) is 9.69 Å². The summed E-state index contributed by atoms with van der Waals surface area (Å²) in [5, 5.41) is 6.98. The molecule has 31 heavy (non-hydrogen) atoms. The fourth-order valence-corrected chi connectivity index (χ4v) is 3.65. The third-order valence-corrected chi connectivity index (χ3v) is 5.30. The predicted molar refractivity (Wildman–Crippen MR) is 114 cm³/mol. The van der Waals surface area contributed by atoms with Gasteiger partial charge in [0.1, 0.15) is 11.6 Å². The van der Waals surface area contributed by atoms with Crippen LogP contribution in [0.3, 0.4) is 0 Å². The molecule has 0 spiro atoms. The van der Waals surface area contributed by atoms with E-state index in [2.05, 4.69) is 20.4 Å². The summed E-state index contributed by atoms with van der Waals surface area (Å²) >= 11 is 0. The molecule has 1 saturated heterocycles. The Bertz CT molecular complexity index is 1010. The lowest BCUT2D eigenvalue weighted by Crippen LogP contribution is -2.37. The zero-order valence-corrected chi connectivity index (χ0v) is 17.4. The van der Waals surface area contributed by atoms with Gasteiger partial charge in [-0.25, -0.2) is 4.39 Å². The number of benzene rings is 2. The summed E-state index contributed by atoms with van der Waals surface area (Å²) in [7, 11) is 0. The SMILES string of the molecule is CCOc1cccc(NC(=O)C2CCN(Cc3nc(-c4ccc(F)cc4)no3)CC2)c1. The highest BCUT2D eigenvalue weighted by molar-refractivity contribution is 5.92.